The van der Waals surface area contributed by atoms with Crippen LogP contribution in [0.15, 0.2) is 48.5 Å². The first-order valence-electron chi connectivity index (χ1n) is 12.6. The molecule has 3 aliphatic carbocycles. The van der Waals surface area contributed by atoms with Crippen molar-refractivity contribution in [2.24, 2.45) is 11.3 Å². The van der Waals surface area contributed by atoms with Crippen molar-refractivity contribution in [2.45, 2.75) is 56.9 Å². The monoisotopic (exact) mass is 476 g/mol. The molecular formula is C28H32N2O5. The van der Waals surface area contributed by atoms with Crippen LogP contribution in [0.1, 0.15) is 62.0 Å². The van der Waals surface area contributed by atoms with Gasteiger partial charge in [0.25, 0.3) is 0 Å². The minimum Gasteiger partial charge on any atom is -0.481 e. The fraction of sp³-hybridized carbons (Fsp3) is 0.464. The van der Waals surface area contributed by atoms with Gasteiger partial charge < -0.3 is 20.5 Å². The van der Waals surface area contributed by atoms with Crippen molar-refractivity contribution >= 4 is 18.0 Å². The Hall–Kier alpha value is -3.35. The maximum Gasteiger partial charge on any atom is 0.407 e. The zero-order chi connectivity index (χ0) is 24.4. The van der Waals surface area contributed by atoms with Crippen LogP contribution in [0.3, 0.4) is 0 Å². The van der Waals surface area contributed by atoms with Gasteiger partial charge in [0, 0.05) is 18.5 Å². The topological polar surface area (TPSA) is 105 Å². The smallest absolute Gasteiger partial charge is 0.407 e. The van der Waals surface area contributed by atoms with E-state index in [0.29, 0.717) is 25.7 Å². The molecule has 5 rings (SSSR count). The average molecular weight is 477 g/mol. The van der Waals surface area contributed by atoms with Crippen LogP contribution < -0.4 is 10.6 Å². The number of aliphatic carboxylic acids is 1. The fourth-order valence-corrected chi connectivity index (χ4v) is 6.14. The summed E-state index contributed by atoms with van der Waals surface area (Å²) in [5, 5.41) is 15.4. The van der Waals surface area contributed by atoms with Crippen molar-refractivity contribution < 1.29 is 24.2 Å². The van der Waals surface area contributed by atoms with Gasteiger partial charge in [0.05, 0.1) is 11.3 Å². The lowest BCUT2D eigenvalue weighted by atomic mass is 9.86. The molecule has 7 nitrogen and oxygen atoms in total. The highest BCUT2D eigenvalue weighted by Gasteiger charge is 2.43. The second-order valence-corrected chi connectivity index (χ2v) is 10.1. The number of carbonyl (C=O) groups is 3. The summed E-state index contributed by atoms with van der Waals surface area (Å²) in [7, 11) is 0. The van der Waals surface area contributed by atoms with Gasteiger partial charge in [-0.2, -0.15) is 0 Å². The lowest BCUT2D eigenvalue weighted by Gasteiger charge is -2.26. The molecule has 0 aliphatic heterocycles. The second-order valence-electron chi connectivity index (χ2n) is 10.1. The number of hydrogen-bond acceptors (Lipinski definition) is 4. The molecule has 2 aromatic rings. The van der Waals surface area contributed by atoms with Gasteiger partial charge in [-0.25, -0.2) is 4.79 Å². The Morgan fingerprint density at radius 1 is 0.914 bits per heavy atom. The molecule has 2 fully saturated rings. The molecule has 35 heavy (non-hydrogen) atoms. The van der Waals surface area contributed by atoms with Gasteiger partial charge in [-0.3, -0.25) is 9.59 Å². The molecule has 184 valence electrons. The summed E-state index contributed by atoms with van der Waals surface area (Å²) in [6.07, 6.45) is 4.61. The second kappa shape index (κ2) is 9.72. The van der Waals surface area contributed by atoms with Crippen molar-refractivity contribution in [1.29, 1.82) is 0 Å². The Balaban J connectivity index is 1.17. The summed E-state index contributed by atoms with van der Waals surface area (Å²) in [6, 6.07) is 16.1. The van der Waals surface area contributed by atoms with Gasteiger partial charge >= 0.3 is 12.1 Å². The van der Waals surface area contributed by atoms with Gasteiger partial charge in [-0.05, 0) is 47.9 Å². The van der Waals surface area contributed by atoms with E-state index in [2.05, 4.69) is 34.9 Å². The van der Waals surface area contributed by atoms with E-state index < -0.39 is 17.5 Å². The van der Waals surface area contributed by atoms with E-state index in [1.807, 2.05) is 24.3 Å². The SMILES string of the molecule is O=C(NC1CCCC1C(=O)NCC1(C(=O)O)CCCC1)OCC1c2ccccc2-c2ccccc21. The van der Waals surface area contributed by atoms with Crippen LogP contribution in [0.25, 0.3) is 11.1 Å². The molecular weight excluding hydrogens is 444 g/mol. The summed E-state index contributed by atoms with van der Waals surface area (Å²) >= 11 is 0. The number of nitrogens with one attached hydrogen (secondary N) is 2. The van der Waals surface area contributed by atoms with E-state index in [0.717, 1.165) is 30.4 Å². The van der Waals surface area contributed by atoms with E-state index in [1.165, 1.54) is 11.1 Å². The maximum absolute atomic E-state index is 12.9. The van der Waals surface area contributed by atoms with Gasteiger partial charge in [-0.1, -0.05) is 67.8 Å². The van der Waals surface area contributed by atoms with Crippen LogP contribution in [0, 0.1) is 11.3 Å². The first-order chi connectivity index (χ1) is 17.0. The Kier molecular flexibility index (Phi) is 6.50. The molecule has 2 atom stereocenters. The summed E-state index contributed by atoms with van der Waals surface area (Å²) in [4.78, 5) is 37.4. The molecule has 0 heterocycles. The number of ether oxygens (including phenoxy) is 1. The zero-order valence-electron chi connectivity index (χ0n) is 19.8. The molecule has 3 N–H and O–H groups in total. The molecule has 2 saturated carbocycles. The van der Waals surface area contributed by atoms with Crippen LogP contribution in [-0.4, -0.2) is 42.3 Å². The predicted molar refractivity (Wildman–Crippen MR) is 131 cm³/mol. The van der Waals surface area contributed by atoms with E-state index in [1.54, 1.807) is 0 Å². The van der Waals surface area contributed by atoms with Crippen LogP contribution >= 0.6 is 0 Å². The number of benzene rings is 2. The highest BCUT2D eigenvalue weighted by molar-refractivity contribution is 5.82. The molecule has 3 aliphatic rings. The molecule has 0 bridgehead atoms. The van der Waals surface area contributed by atoms with Crippen LogP contribution in [0.4, 0.5) is 4.79 Å². The number of carboxylic acids is 1. The molecule has 2 unspecified atom stereocenters. The molecule has 0 spiro atoms. The first-order valence-corrected chi connectivity index (χ1v) is 12.6. The lowest BCUT2D eigenvalue weighted by Crippen LogP contribution is -2.47. The van der Waals surface area contributed by atoms with Gasteiger partial charge in [0.15, 0.2) is 0 Å². The molecule has 7 heteroatoms. The molecule has 2 amide bonds. The van der Waals surface area contributed by atoms with Crippen LogP contribution in [-0.2, 0) is 14.3 Å². The number of amides is 2. The highest BCUT2D eigenvalue weighted by atomic mass is 16.5. The maximum atomic E-state index is 12.9. The summed E-state index contributed by atoms with van der Waals surface area (Å²) in [6.45, 7) is 0.375. The molecule has 0 aromatic heterocycles. The van der Waals surface area contributed by atoms with Crippen LogP contribution in [0.2, 0.25) is 0 Å². The number of alkyl carbamates (subject to hydrolysis) is 1. The lowest BCUT2D eigenvalue weighted by molar-refractivity contribution is -0.148. The number of carboxylic acid groups (broad SMARTS) is 1. The van der Waals surface area contributed by atoms with Crippen molar-refractivity contribution in [3.8, 4) is 11.1 Å². The van der Waals surface area contributed by atoms with Gasteiger partial charge in [0.1, 0.15) is 6.61 Å². The largest absolute Gasteiger partial charge is 0.481 e. The summed E-state index contributed by atoms with van der Waals surface area (Å²) < 4.78 is 5.66. The Bertz CT molecular complexity index is 1080. The van der Waals surface area contributed by atoms with Gasteiger partial charge in [-0.15, -0.1) is 0 Å². The Labute approximate surface area is 205 Å². The summed E-state index contributed by atoms with van der Waals surface area (Å²) in [5.41, 5.74) is 3.79. The normalized spacial score (nSPS) is 22.3. The van der Waals surface area contributed by atoms with E-state index in [-0.39, 0.29) is 36.9 Å². The van der Waals surface area contributed by atoms with E-state index in [4.69, 9.17) is 4.74 Å². The van der Waals surface area contributed by atoms with Gasteiger partial charge in [0.2, 0.25) is 5.91 Å². The minimum absolute atomic E-state index is 0.0190. The minimum atomic E-state index is -0.857. The van der Waals surface area contributed by atoms with Crippen molar-refractivity contribution in [3.63, 3.8) is 0 Å². The predicted octanol–water partition coefficient (Wildman–Crippen LogP) is 4.46. The first kappa shape index (κ1) is 23.4. The standard InChI is InChI=1S/C28H32N2O5/c31-25(29-17-28(26(32)33)14-5-6-15-28)22-12-7-13-24(22)30-27(34)35-16-23-20-10-3-1-8-18(20)19-9-2-4-11-21(19)23/h1-4,8-11,22-24H,5-7,12-17H2,(H,29,31)(H,30,34)(H,32,33). The third-order valence-electron chi connectivity index (χ3n) is 8.11. The number of hydrogen-bond donors (Lipinski definition) is 3. The van der Waals surface area contributed by atoms with E-state index >= 15 is 0 Å². The molecule has 2 aromatic carbocycles. The van der Waals surface area contributed by atoms with Crippen LogP contribution in [0.5, 0.6) is 0 Å². The number of rotatable bonds is 7. The van der Waals surface area contributed by atoms with Crippen molar-refractivity contribution in [3.05, 3.63) is 59.7 Å². The van der Waals surface area contributed by atoms with Crippen molar-refractivity contribution in [2.75, 3.05) is 13.2 Å². The summed E-state index contributed by atoms with van der Waals surface area (Å²) in [5.74, 6) is -1.41. The van der Waals surface area contributed by atoms with E-state index in [9.17, 15) is 19.5 Å². The molecule has 0 saturated heterocycles. The Morgan fingerprint density at radius 2 is 1.54 bits per heavy atom. The molecule has 0 radical (unpaired) electrons. The quantitative estimate of drug-likeness (QED) is 0.547. The fourth-order valence-electron chi connectivity index (χ4n) is 6.14. The Morgan fingerprint density at radius 3 is 2.17 bits per heavy atom. The number of carbonyl (C=O) groups excluding carboxylic acids is 2. The van der Waals surface area contributed by atoms with Crippen molar-refractivity contribution in [1.82, 2.24) is 10.6 Å². The average Bonchev–Trinajstić information content (AvgIpc) is 3.60. The third-order valence-corrected chi connectivity index (χ3v) is 8.11. The highest BCUT2D eigenvalue weighted by Crippen LogP contribution is 2.44. The zero-order valence-corrected chi connectivity index (χ0v) is 19.8. The third kappa shape index (κ3) is 4.51. The number of fused-ring (bicyclic) bond motifs is 3.